The van der Waals surface area contributed by atoms with Crippen LogP contribution in [0.2, 0.25) is 10.2 Å². The Morgan fingerprint density at radius 3 is 2.30 bits per heavy atom. The number of hydrogen-bond donors (Lipinski definition) is 3. The van der Waals surface area contributed by atoms with Crippen molar-refractivity contribution in [2.75, 3.05) is 5.43 Å². The number of ether oxygens (including phenoxy) is 1. The van der Waals surface area contributed by atoms with Crippen LogP contribution in [0.1, 0.15) is 48.8 Å². The van der Waals surface area contributed by atoms with E-state index in [0.717, 1.165) is 10.2 Å². The fourth-order valence-corrected chi connectivity index (χ4v) is 4.30. The monoisotopic (exact) mass is 593 g/mol. The molecule has 0 aliphatic carbocycles. The van der Waals surface area contributed by atoms with Crippen LogP contribution in [-0.2, 0) is 42.8 Å². The van der Waals surface area contributed by atoms with Crippen LogP contribution in [0, 0.1) is 13.8 Å². The van der Waals surface area contributed by atoms with Crippen molar-refractivity contribution in [2.24, 2.45) is 7.05 Å². The Hall–Kier alpha value is -3.77. The SMILES string of the molecule is Cc1nn(C)c(Cl)c1CNn1c(=O)cc(C)n(CC(=O)NCc2cc(Cl)ccc2CNC(=O)OC(C)(C)C)c1=O. The first kappa shape index (κ1) is 30.8. The first-order chi connectivity index (χ1) is 18.7. The summed E-state index contributed by atoms with van der Waals surface area (Å²) in [5, 5.41) is 10.5. The molecular weight excluding hydrogens is 561 g/mol. The minimum absolute atomic E-state index is 0.0811. The Balaban J connectivity index is 1.70. The summed E-state index contributed by atoms with van der Waals surface area (Å²) in [6.45, 7) is 8.64. The number of nitrogens with zero attached hydrogens (tertiary/aromatic N) is 4. The molecular formula is C26H33Cl2N7O5. The van der Waals surface area contributed by atoms with Crippen LogP contribution in [0.3, 0.4) is 0 Å². The fraction of sp³-hybridized carbons (Fsp3) is 0.423. The molecule has 40 heavy (non-hydrogen) atoms. The summed E-state index contributed by atoms with van der Waals surface area (Å²) < 4.78 is 8.78. The molecule has 0 unspecified atom stereocenters. The molecule has 0 atom stereocenters. The van der Waals surface area contributed by atoms with Gasteiger partial charge in [0.15, 0.2) is 0 Å². The van der Waals surface area contributed by atoms with Crippen LogP contribution >= 0.6 is 23.2 Å². The first-order valence-corrected chi connectivity index (χ1v) is 13.2. The predicted molar refractivity (Wildman–Crippen MR) is 152 cm³/mol. The van der Waals surface area contributed by atoms with Gasteiger partial charge in [0.2, 0.25) is 5.91 Å². The third-order valence-corrected chi connectivity index (χ3v) is 6.56. The van der Waals surface area contributed by atoms with Crippen molar-refractivity contribution in [3.8, 4) is 0 Å². The maximum Gasteiger partial charge on any atom is 0.407 e. The summed E-state index contributed by atoms with van der Waals surface area (Å²) in [7, 11) is 1.69. The number of aryl methyl sites for hydroxylation is 3. The highest BCUT2D eigenvalue weighted by molar-refractivity contribution is 6.30. The summed E-state index contributed by atoms with van der Waals surface area (Å²) in [6, 6.07) is 6.36. The van der Waals surface area contributed by atoms with E-state index in [1.165, 1.54) is 15.3 Å². The lowest BCUT2D eigenvalue weighted by molar-refractivity contribution is -0.121. The van der Waals surface area contributed by atoms with E-state index >= 15 is 0 Å². The predicted octanol–water partition coefficient (Wildman–Crippen LogP) is 2.75. The standard InChI is InChI=1S/C26H33Cl2N7O5/c1-15-9-22(37)35(31-13-20-16(2)32-33(6)23(20)28)25(39)34(15)14-21(36)29-12-18-10-19(27)8-7-17(18)11-30-24(38)40-26(3,4)5/h7-10,31H,11-14H2,1-6H3,(H,29,36)(H,30,38). The normalized spacial score (nSPS) is 11.3. The summed E-state index contributed by atoms with van der Waals surface area (Å²) in [6.07, 6.45) is -0.572. The number of rotatable bonds is 9. The molecule has 1 aromatic carbocycles. The molecule has 3 rings (SSSR count). The fourth-order valence-electron chi connectivity index (χ4n) is 3.86. The summed E-state index contributed by atoms with van der Waals surface area (Å²) in [5.41, 5.74) is 3.89. The van der Waals surface area contributed by atoms with Gasteiger partial charge in [0.1, 0.15) is 17.3 Å². The van der Waals surface area contributed by atoms with Gasteiger partial charge in [-0.3, -0.25) is 18.8 Å². The number of carbonyl (C=O) groups is 2. The summed E-state index contributed by atoms with van der Waals surface area (Å²) >= 11 is 12.4. The Morgan fingerprint density at radius 2 is 1.68 bits per heavy atom. The van der Waals surface area contributed by atoms with E-state index in [4.69, 9.17) is 27.9 Å². The van der Waals surface area contributed by atoms with Crippen LogP contribution < -0.4 is 27.3 Å². The zero-order valence-electron chi connectivity index (χ0n) is 23.2. The molecule has 216 valence electrons. The maximum absolute atomic E-state index is 13.1. The molecule has 14 heteroatoms. The summed E-state index contributed by atoms with van der Waals surface area (Å²) in [5.74, 6) is -0.465. The highest BCUT2D eigenvalue weighted by atomic mass is 35.5. The van der Waals surface area contributed by atoms with E-state index in [2.05, 4.69) is 21.2 Å². The van der Waals surface area contributed by atoms with Crippen molar-refractivity contribution in [2.45, 2.75) is 66.4 Å². The van der Waals surface area contributed by atoms with Crippen molar-refractivity contribution < 1.29 is 14.3 Å². The van der Waals surface area contributed by atoms with Gasteiger partial charge in [-0.1, -0.05) is 29.3 Å². The summed E-state index contributed by atoms with van der Waals surface area (Å²) in [4.78, 5) is 50.6. The molecule has 3 N–H and O–H groups in total. The average molecular weight is 595 g/mol. The number of amides is 2. The highest BCUT2D eigenvalue weighted by Crippen LogP contribution is 2.18. The second kappa shape index (κ2) is 12.6. The van der Waals surface area contributed by atoms with Gasteiger partial charge in [0.25, 0.3) is 5.56 Å². The molecule has 0 aliphatic rings. The lowest BCUT2D eigenvalue weighted by Crippen LogP contribution is -2.46. The van der Waals surface area contributed by atoms with E-state index in [-0.39, 0.29) is 26.2 Å². The number of halogens is 2. The van der Waals surface area contributed by atoms with Crippen LogP contribution in [0.25, 0.3) is 0 Å². The van der Waals surface area contributed by atoms with Crippen molar-refractivity contribution in [3.05, 3.63) is 83.4 Å². The van der Waals surface area contributed by atoms with E-state index < -0.39 is 28.9 Å². The highest BCUT2D eigenvalue weighted by Gasteiger charge is 2.18. The Bertz CT molecular complexity index is 1540. The van der Waals surface area contributed by atoms with Gasteiger partial charge in [0.05, 0.1) is 12.2 Å². The number of benzene rings is 1. The van der Waals surface area contributed by atoms with Crippen molar-refractivity contribution in [3.63, 3.8) is 0 Å². The smallest absolute Gasteiger partial charge is 0.407 e. The van der Waals surface area contributed by atoms with E-state index in [1.807, 2.05) is 0 Å². The lowest BCUT2D eigenvalue weighted by atomic mass is 10.1. The molecule has 2 aromatic heterocycles. The van der Waals surface area contributed by atoms with Gasteiger partial charge in [-0.05, 0) is 57.9 Å². The molecule has 0 aliphatic heterocycles. The molecule has 0 saturated carbocycles. The zero-order valence-corrected chi connectivity index (χ0v) is 24.7. The largest absolute Gasteiger partial charge is 0.444 e. The van der Waals surface area contributed by atoms with E-state index in [9.17, 15) is 19.2 Å². The Kier molecular flexibility index (Phi) is 9.69. The van der Waals surface area contributed by atoms with Crippen LogP contribution in [0.5, 0.6) is 0 Å². The first-order valence-electron chi connectivity index (χ1n) is 12.4. The van der Waals surface area contributed by atoms with Gasteiger partial charge >= 0.3 is 11.8 Å². The third-order valence-electron chi connectivity index (χ3n) is 5.85. The van der Waals surface area contributed by atoms with Gasteiger partial charge in [-0.25, -0.2) is 9.59 Å². The molecule has 0 saturated heterocycles. The lowest BCUT2D eigenvalue weighted by Gasteiger charge is -2.20. The molecule has 2 amide bonds. The van der Waals surface area contributed by atoms with Gasteiger partial charge in [0, 0.05) is 42.5 Å². The Morgan fingerprint density at radius 1 is 1.00 bits per heavy atom. The van der Waals surface area contributed by atoms with Gasteiger partial charge in [-0.15, -0.1) is 0 Å². The molecule has 3 aromatic rings. The Labute approximate surface area is 241 Å². The molecule has 2 heterocycles. The third kappa shape index (κ3) is 7.89. The van der Waals surface area contributed by atoms with Crippen molar-refractivity contribution in [1.29, 1.82) is 0 Å². The van der Waals surface area contributed by atoms with Crippen molar-refractivity contribution in [1.82, 2.24) is 29.7 Å². The average Bonchev–Trinajstić information content (AvgIpc) is 3.09. The number of nitrogens with one attached hydrogen (secondary N) is 3. The molecule has 12 nitrogen and oxygen atoms in total. The quantitative estimate of drug-likeness (QED) is 0.346. The minimum Gasteiger partial charge on any atom is -0.444 e. The van der Waals surface area contributed by atoms with Gasteiger partial charge < -0.3 is 20.8 Å². The second-order valence-electron chi connectivity index (χ2n) is 10.2. The molecule has 0 bridgehead atoms. The maximum atomic E-state index is 13.1. The number of aromatic nitrogens is 4. The van der Waals surface area contributed by atoms with Crippen LogP contribution in [0.4, 0.5) is 4.79 Å². The van der Waals surface area contributed by atoms with Crippen LogP contribution in [0.15, 0.2) is 33.9 Å². The van der Waals surface area contributed by atoms with Gasteiger partial charge in [-0.2, -0.15) is 9.77 Å². The second-order valence-corrected chi connectivity index (χ2v) is 11.0. The molecule has 0 fully saturated rings. The molecule has 0 spiro atoms. The number of hydrogen-bond acceptors (Lipinski definition) is 7. The zero-order chi connectivity index (χ0) is 29.8. The van der Waals surface area contributed by atoms with E-state index in [1.54, 1.807) is 59.9 Å². The van der Waals surface area contributed by atoms with E-state index in [0.29, 0.717) is 32.7 Å². The topological polar surface area (TPSA) is 141 Å². The number of alkyl carbamates (subject to hydrolysis) is 1. The molecule has 0 radical (unpaired) electrons. The minimum atomic E-state index is -0.706. The number of carbonyl (C=O) groups excluding carboxylic acids is 2. The van der Waals surface area contributed by atoms with Crippen molar-refractivity contribution >= 4 is 35.2 Å². The van der Waals surface area contributed by atoms with Crippen LogP contribution in [-0.4, -0.2) is 36.6 Å².